The van der Waals surface area contributed by atoms with Gasteiger partial charge < -0.3 is 0 Å². The molecule has 4 heteroatoms. The van der Waals surface area contributed by atoms with Crippen molar-refractivity contribution >= 4 is 28.7 Å². The maximum Gasteiger partial charge on any atom is 0.175 e. The van der Waals surface area contributed by atoms with Crippen molar-refractivity contribution in [1.82, 2.24) is 19.6 Å². The van der Waals surface area contributed by atoms with Crippen LogP contribution in [-0.4, -0.2) is 19.6 Å². The van der Waals surface area contributed by atoms with Crippen LogP contribution in [0.4, 0.5) is 0 Å². The number of fused-ring (bicyclic) bond motifs is 2. The van der Waals surface area contributed by atoms with Crippen LogP contribution in [0.3, 0.4) is 0 Å². The summed E-state index contributed by atoms with van der Waals surface area (Å²) in [6.07, 6.45) is 3.87. The van der Waals surface area contributed by atoms with E-state index in [0.717, 1.165) is 22.6 Å². The van der Waals surface area contributed by atoms with Crippen molar-refractivity contribution in [2.45, 2.75) is 13.8 Å². The molecule has 3 aromatic heterocycles. The molecule has 0 aliphatic heterocycles. The van der Waals surface area contributed by atoms with E-state index in [1.54, 1.807) is 0 Å². The van der Waals surface area contributed by atoms with E-state index in [1.807, 2.05) is 60.0 Å². The van der Waals surface area contributed by atoms with E-state index in [2.05, 4.69) is 34.1 Å². The number of hydrogen-bond donors (Lipinski definition) is 0. The number of aromatic nitrogens is 4. The smallest absolute Gasteiger partial charge is 0.175 e. The molecule has 112 valence electrons. The Morgan fingerprint density at radius 1 is 0.913 bits per heavy atom. The second-order valence-corrected chi connectivity index (χ2v) is 5.62. The van der Waals surface area contributed by atoms with E-state index in [9.17, 15) is 0 Å². The van der Waals surface area contributed by atoms with Crippen LogP contribution in [0.25, 0.3) is 28.7 Å². The van der Waals surface area contributed by atoms with Crippen LogP contribution < -0.4 is 0 Å². The standard InChI is InChI=1S/C19H16N4/c1-13-12-15(20-17-8-4-3-7-16(13)17)10-11-18-21-19-9-5-6-14(2)23(19)22-18/h3-12H,1-2H3/b11-10+. The molecule has 0 atom stereocenters. The molecule has 0 radical (unpaired) electrons. The first-order chi connectivity index (χ1) is 11.2. The molecule has 0 bridgehead atoms. The van der Waals surface area contributed by atoms with Gasteiger partial charge in [-0.2, -0.15) is 0 Å². The number of hydrogen-bond acceptors (Lipinski definition) is 3. The summed E-state index contributed by atoms with van der Waals surface area (Å²) in [5.41, 5.74) is 5.05. The van der Waals surface area contributed by atoms with E-state index in [1.165, 1.54) is 10.9 Å². The molecule has 4 nitrogen and oxygen atoms in total. The molecule has 0 spiro atoms. The van der Waals surface area contributed by atoms with Crippen molar-refractivity contribution in [3.63, 3.8) is 0 Å². The predicted octanol–water partition coefficient (Wildman–Crippen LogP) is 4.06. The Hall–Kier alpha value is -3.01. The lowest BCUT2D eigenvalue weighted by molar-refractivity contribution is 0.909. The fraction of sp³-hybridized carbons (Fsp3) is 0.105. The van der Waals surface area contributed by atoms with Gasteiger partial charge in [0.05, 0.1) is 11.2 Å². The first-order valence-electron chi connectivity index (χ1n) is 7.57. The average Bonchev–Trinajstić information content (AvgIpc) is 2.98. The summed E-state index contributed by atoms with van der Waals surface area (Å²) in [6, 6.07) is 16.2. The molecule has 0 saturated carbocycles. The molecule has 0 unspecified atom stereocenters. The molecule has 0 fully saturated rings. The van der Waals surface area contributed by atoms with Crippen molar-refractivity contribution < 1.29 is 0 Å². The van der Waals surface area contributed by atoms with E-state index in [4.69, 9.17) is 0 Å². The van der Waals surface area contributed by atoms with Crippen molar-refractivity contribution in [3.05, 3.63) is 71.3 Å². The Morgan fingerprint density at radius 3 is 2.65 bits per heavy atom. The van der Waals surface area contributed by atoms with Crippen LogP contribution in [0.5, 0.6) is 0 Å². The van der Waals surface area contributed by atoms with Crippen LogP contribution in [0.15, 0.2) is 48.5 Å². The van der Waals surface area contributed by atoms with Gasteiger partial charge in [0.15, 0.2) is 11.5 Å². The van der Waals surface area contributed by atoms with Gasteiger partial charge in [-0.1, -0.05) is 24.3 Å². The molecule has 0 aliphatic carbocycles. The van der Waals surface area contributed by atoms with Crippen molar-refractivity contribution in [2.75, 3.05) is 0 Å². The third kappa shape index (κ3) is 2.48. The molecular weight excluding hydrogens is 284 g/mol. The Kier molecular flexibility index (Phi) is 3.15. The summed E-state index contributed by atoms with van der Waals surface area (Å²) >= 11 is 0. The van der Waals surface area contributed by atoms with Crippen molar-refractivity contribution in [1.29, 1.82) is 0 Å². The highest BCUT2D eigenvalue weighted by Gasteiger charge is 2.03. The summed E-state index contributed by atoms with van der Waals surface area (Å²) in [5, 5.41) is 5.69. The van der Waals surface area contributed by atoms with Crippen LogP contribution in [0.1, 0.15) is 22.8 Å². The van der Waals surface area contributed by atoms with Gasteiger partial charge in [-0.3, -0.25) is 0 Å². The van der Waals surface area contributed by atoms with E-state index < -0.39 is 0 Å². The largest absolute Gasteiger partial charge is 0.248 e. The van der Waals surface area contributed by atoms with Gasteiger partial charge in [0.1, 0.15) is 0 Å². The second-order valence-electron chi connectivity index (χ2n) is 5.62. The molecule has 0 saturated heterocycles. The van der Waals surface area contributed by atoms with E-state index in [0.29, 0.717) is 5.82 Å². The summed E-state index contributed by atoms with van der Waals surface area (Å²) in [6.45, 7) is 4.12. The van der Waals surface area contributed by atoms with Crippen molar-refractivity contribution in [3.8, 4) is 0 Å². The molecule has 0 amide bonds. The van der Waals surface area contributed by atoms with E-state index in [-0.39, 0.29) is 0 Å². The quantitative estimate of drug-likeness (QED) is 0.560. The highest BCUT2D eigenvalue weighted by Crippen LogP contribution is 2.18. The molecular formula is C19H16N4. The number of para-hydroxylation sites is 1. The average molecular weight is 300 g/mol. The third-order valence-corrected chi connectivity index (χ3v) is 3.91. The van der Waals surface area contributed by atoms with Crippen LogP contribution in [0, 0.1) is 13.8 Å². The molecule has 4 aromatic rings. The first-order valence-corrected chi connectivity index (χ1v) is 7.57. The third-order valence-electron chi connectivity index (χ3n) is 3.91. The Bertz CT molecular complexity index is 1040. The van der Waals surface area contributed by atoms with Gasteiger partial charge in [0, 0.05) is 11.1 Å². The van der Waals surface area contributed by atoms with Crippen LogP contribution in [0.2, 0.25) is 0 Å². The second kappa shape index (κ2) is 5.32. The lowest BCUT2D eigenvalue weighted by Gasteiger charge is -2.02. The number of aryl methyl sites for hydroxylation is 2. The monoisotopic (exact) mass is 300 g/mol. The summed E-state index contributed by atoms with van der Waals surface area (Å²) < 4.78 is 1.85. The number of pyridine rings is 2. The highest BCUT2D eigenvalue weighted by molar-refractivity contribution is 5.83. The number of nitrogens with zero attached hydrogens (tertiary/aromatic N) is 4. The summed E-state index contributed by atoms with van der Waals surface area (Å²) in [7, 11) is 0. The van der Waals surface area contributed by atoms with Gasteiger partial charge in [-0.25, -0.2) is 14.5 Å². The molecule has 1 aromatic carbocycles. The lowest BCUT2D eigenvalue weighted by Crippen LogP contribution is -1.91. The fourth-order valence-electron chi connectivity index (χ4n) is 2.74. The molecule has 0 aliphatic rings. The molecule has 0 N–H and O–H groups in total. The van der Waals surface area contributed by atoms with Gasteiger partial charge in [-0.05, 0) is 55.8 Å². The van der Waals surface area contributed by atoms with Crippen molar-refractivity contribution in [2.24, 2.45) is 0 Å². The maximum absolute atomic E-state index is 4.67. The van der Waals surface area contributed by atoms with Gasteiger partial charge in [-0.15, -0.1) is 5.10 Å². The number of benzene rings is 1. The fourth-order valence-corrected chi connectivity index (χ4v) is 2.74. The maximum atomic E-state index is 4.67. The van der Waals surface area contributed by atoms with E-state index >= 15 is 0 Å². The minimum Gasteiger partial charge on any atom is -0.248 e. The topological polar surface area (TPSA) is 43.1 Å². The van der Waals surface area contributed by atoms with Crippen LogP contribution >= 0.6 is 0 Å². The first kappa shape index (κ1) is 13.6. The molecule has 3 heterocycles. The predicted molar refractivity (Wildman–Crippen MR) is 93.1 cm³/mol. The lowest BCUT2D eigenvalue weighted by atomic mass is 10.1. The highest BCUT2D eigenvalue weighted by atomic mass is 15.3. The zero-order chi connectivity index (χ0) is 15.8. The minimum absolute atomic E-state index is 0.687. The van der Waals surface area contributed by atoms with Crippen LogP contribution in [-0.2, 0) is 0 Å². The molecule has 23 heavy (non-hydrogen) atoms. The van der Waals surface area contributed by atoms with Gasteiger partial charge in [0.2, 0.25) is 0 Å². The normalized spacial score (nSPS) is 11.7. The van der Waals surface area contributed by atoms with Gasteiger partial charge in [0.25, 0.3) is 0 Å². The van der Waals surface area contributed by atoms with Gasteiger partial charge >= 0.3 is 0 Å². The SMILES string of the molecule is Cc1cc(/C=C/c2nc3cccc(C)n3n2)nc2ccccc12. The zero-order valence-electron chi connectivity index (χ0n) is 13.1. The Balaban J connectivity index is 1.74. The minimum atomic E-state index is 0.687. The summed E-state index contributed by atoms with van der Waals surface area (Å²) in [4.78, 5) is 9.18. The zero-order valence-corrected chi connectivity index (χ0v) is 13.1. The molecule has 4 rings (SSSR count). The Labute approximate surface area is 134 Å². The summed E-state index contributed by atoms with van der Waals surface area (Å²) in [5.74, 6) is 0.687. The number of rotatable bonds is 2. The Morgan fingerprint density at radius 2 is 1.78 bits per heavy atom.